The largest absolute Gasteiger partial charge is 0.399 e. The maximum Gasteiger partial charge on any atom is 0.225 e. The van der Waals surface area contributed by atoms with Crippen LogP contribution in [-0.2, 0) is 9.53 Å². The molecule has 5 nitrogen and oxygen atoms in total. The van der Waals surface area contributed by atoms with Crippen molar-refractivity contribution in [1.82, 2.24) is 5.32 Å². The summed E-state index contributed by atoms with van der Waals surface area (Å²) in [5.74, 6) is -0.160. The van der Waals surface area contributed by atoms with Gasteiger partial charge in [-0.05, 0) is 31.0 Å². The van der Waals surface area contributed by atoms with Gasteiger partial charge in [0.05, 0.1) is 24.7 Å². The minimum atomic E-state index is -0.718. The van der Waals surface area contributed by atoms with Gasteiger partial charge in [-0.2, -0.15) is 0 Å². The van der Waals surface area contributed by atoms with Crippen LogP contribution >= 0.6 is 0 Å². The average Bonchev–Trinajstić information content (AvgIpc) is 2.83. The van der Waals surface area contributed by atoms with E-state index in [1.54, 1.807) is 24.3 Å². The molecule has 104 valence electrons. The first kappa shape index (κ1) is 13.8. The van der Waals surface area contributed by atoms with Crippen molar-refractivity contribution in [3.8, 4) is 0 Å². The molecule has 0 radical (unpaired) electrons. The van der Waals surface area contributed by atoms with E-state index in [1.165, 1.54) is 0 Å². The number of nitrogens with one attached hydrogen (secondary N) is 1. The maximum absolute atomic E-state index is 11.9. The monoisotopic (exact) mass is 264 g/mol. The molecule has 0 saturated carbocycles. The summed E-state index contributed by atoms with van der Waals surface area (Å²) in [6, 6.07) is 6.97. The van der Waals surface area contributed by atoms with Gasteiger partial charge in [-0.25, -0.2) is 0 Å². The number of benzene rings is 1. The van der Waals surface area contributed by atoms with Crippen LogP contribution in [0.1, 0.15) is 25.0 Å². The van der Waals surface area contributed by atoms with Gasteiger partial charge >= 0.3 is 0 Å². The summed E-state index contributed by atoms with van der Waals surface area (Å²) in [6.45, 7) is 2.62. The number of carbonyl (C=O) groups is 1. The van der Waals surface area contributed by atoms with E-state index in [4.69, 9.17) is 10.5 Å². The van der Waals surface area contributed by atoms with E-state index in [-0.39, 0.29) is 24.5 Å². The molecule has 1 amide bonds. The molecular weight excluding hydrogens is 244 g/mol. The fourth-order valence-electron chi connectivity index (χ4n) is 2.18. The van der Waals surface area contributed by atoms with Crippen molar-refractivity contribution < 1.29 is 14.6 Å². The van der Waals surface area contributed by atoms with E-state index < -0.39 is 6.10 Å². The van der Waals surface area contributed by atoms with Gasteiger partial charge in [0.25, 0.3) is 0 Å². The minimum absolute atomic E-state index is 0.0566. The first-order valence-electron chi connectivity index (χ1n) is 6.49. The van der Waals surface area contributed by atoms with Crippen LogP contribution in [0.5, 0.6) is 0 Å². The molecule has 1 aromatic carbocycles. The molecule has 3 unspecified atom stereocenters. The third-order valence-electron chi connectivity index (χ3n) is 3.36. The van der Waals surface area contributed by atoms with Gasteiger partial charge in [0.15, 0.2) is 0 Å². The Morgan fingerprint density at radius 1 is 1.53 bits per heavy atom. The fraction of sp³-hybridized carbons (Fsp3) is 0.500. The zero-order chi connectivity index (χ0) is 13.8. The Bertz CT molecular complexity index is 433. The molecule has 0 bridgehead atoms. The van der Waals surface area contributed by atoms with Crippen LogP contribution in [0.4, 0.5) is 5.69 Å². The summed E-state index contributed by atoms with van der Waals surface area (Å²) < 4.78 is 5.35. The number of nitrogens with two attached hydrogens (primary N) is 1. The van der Waals surface area contributed by atoms with Gasteiger partial charge in [-0.1, -0.05) is 12.1 Å². The topological polar surface area (TPSA) is 84.6 Å². The smallest absolute Gasteiger partial charge is 0.225 e. The molecule has 4 N–H and O–H groups in total. The number of amides is 1. The van der Waals surface area contributed by atoms with Gasteiger partial charge in [0.1, 0.15) is 0 Å². The number of nitrogen functional groups attached to an aromatic ring is 1. The highest BCUT2D eigenvalue weighted by Gasteiger charge is 2.28. The van der Waals surface area contributed by atoms with Gasteiger partial charge in [0.2, 0.25) is 5.91 Å². The molecule has 0 aromatic heterocycles. The molecule has 1 aliphatic heterocycles. The number of carbonyl (C=O) groups excluding carboxylic acids is 1. The summed E-state index contributed by atoms with van der Waals surface area (Å²) in [6.07, 6.45) is 0.158. The number of rotatable bonds is 4. The Morgan fingerprint density at radius 2 is 2.21 bits per heavy atom. The van der Waals surface area contributed by atoms with E-state index in [9.17, 15) is 9.90 Å². The van der Waals surface area contributed by atoms with Crippen LogP contribution in [0, 0.1) is 5.92 Å². The molecule has 0 spiro atoms. The molecule has 1 heterocycles. The van der Waals surface area contributed by atoms with Crippen LogP contribution in [0.3, 0.4) is 0 Å². The zero-order valence-corrected chi connectivity index (χ0v) is 11.0. The Labute approximate surface area is 112 Å². The molecule has 1 aliphatic rings. The average molecular weight is 264 g/mol. The third-order valence-corrected chi connectivity index (χ3v) is 3.36. The number of aliphatic hydroxyl groups excluding tert-OH is 1. The lowest BCUT2D eigenvalue weighted by Crippen LogP contribution is -2.34. The van der Waals surface area contributed by atoms with Gasteiger partial charge in [0, 0.05) is 12.2 Å². The molecule has 1 fully saturated rings. The normalized spacial score (nSPS) is 24.1. The third kappa shape index (κ3) is 3.68. The molecular formula is C14H20N2O3. The van der Waals surface area contributed by atoms with Crippen LogP contribution in [-0.4, -0.2) is 30.3 Å². The van der Waals surface area contributed by atoms with Crippen molar-refractivity contribution in [2.45, 2.75) is 25.6 Å². The Morgan fingerprint density at radius 3 is 2.79 bits per heavy atom. The number of hydrogen-bond acceptors (Lipinski definition) is 4. The summed E-state index contributed by atoms with van der Waals surface area (Å²) in [5.41, 5.74) is 6.97. The standard InChI is InChI=1S/C14H20N2O3/c1-9-6-11(8-19-9)14(18)16-7-13(17)10-2-4-12(15)5-3-10/h2-5,9,11,13,17H,6-8,15H2,1H3,(H,16,18). The van der Waals surface area contributed by atoms with Gasteiger partial charge in [-0.3, -0.25) is 4.79 Å². The zero-order valence-electron chi connectivity index (χ0n) is 11.0. The Balaban J connectivity index is 1.81. The second-order valence-electron chi connectivity index (χ2n) is 5.00. The molecule has 2 rings (SSSR count). The van der Waals surface area contributed by atoms with Crippen molar-refractivity contribution in [2.75, 3.05) is 18.9 Å². The molecule has 3 atom stereocenters. The summed E-state index contributed by atoms with van der Waals surface area (Å²) in [4.78, 5) is 11.9. The van der Waals surface area contributed by atoms with E-state index in [2.05, 4.69) is 5.32 Å². The van der Waals surface area contributed by atoms with Crippen molar-refractivity contribution in [1.29, 1.82) is 0 Å². The fourth-order valence-corrected chi connectivity index (χ4v) is 2.18. The summed E-state index contributed by atoms with van der Waals surface area (Å²) >= 11 is 0. The highest BCUT2D eigenvalue weighted by molar-refractivity contribution is 5.79. The predicted molar refractivity (Wildman–Crippen MR) is 72.3 cm³/mol. The van der Waals surface area contributed by atoms with E-state index in [1.807, 2.05) is 6.92 Å². The van der Waals surface area contributed by atoms with Gasteiger partial charge < -0.3 is 20.9 Å². The molecule has 19 heavy (non-hydrogen) atoms. The van der Waals surface area contributed by atoms with Crippen molar-refractivity contribution in [3.05, 3.63) is 29.8 Å². The lowest BCUT2D eigenvalue weighted by Gasteiger charge is -2.14. The Hall–Kier alpha value is -1.59. The molecule has 0 aliphatic carbocycles. The first-order valence-corrected chi connectivity index (χ1v) is 6.49. The first-order chi connectivity index (χ1) is 9.06. The highest BCUT2D eigenvalue weighted by Crippen LogP contribution is 2.19. The molecule has 1 aromatic rings. The van der Waals surface area contributed by atoms with Crippen LogP contribution in [0.25, 0.3) is 0 Å². The van der Waals surface area contributed by atoms with Crippen molar-refractivity contribution in [3.63, 3.8) is 0 Å². The highest BCUT2D eigenvalue weighted by atomic mass is 16.5. The Kier molecular flexibility index (Phi) is 4.39. The van der Waals surface area contributed by atoms with Crippen LogP contribution in [0.2, 0.25) is 0 Å². The van der Waals surface area contributed by atoms with E-state index >= 15 is 0 Å². The number of aliphatic hydroxyl groups is 1. The number of anilines is 1. The van der Waals surface area contributed by atoms with E-state index in [0.717, 1.165) is 12.0 Å². The van der Waals surface area contributed by atoms with Gasteiger partial charge in [-0.15, -0.1) is 0 Å². The lowest BCUT2D eigenvalue weighted by atomic mass is 10.0. The maximum atomic E-state index is 11.9. The molecule has 1 saturated heterocycles. The summed E-state index contributed by atoms with van der Waals surface area (Å²) in [5, 5.41) is 12.7. The van der Waals surface area contributed by atoms with E-state index in [0.29, 0.717) is 12.3 Å². The predicted octanol–water partition coefficient (Wildman–Crippen LogP) is 0.843. The SMILES string of the molecule is CC1CC(C(=O)NCC(O)c2ccc(N)cc2)CO1. The van der Waals surface area contributed by atoms with Crippen LogP contribution in [0.15, 0.2) is 24.3 Å². The second-order valence-corrected chi connectivity index (χ2v) is 5.00. The number of hydrogen-bond donors (Lipinski definition) is 3. The molecule has 5 heteroatoms. The lowest BCUT2D eigenvalue weighted by molar-refractivity contribution is -0.125. The quantitative estimate of drug-likeness (QED) is 0.704. The van der Waals surface area contributed by atoms with Crippen molar-refractivity contribution in [2.24, 2.45) is 5.92 Å². The van der Waals surface area contributed by atoms with Crippen molar-refractivity contribution >= 4 is 11.6 Å². The number of ether oxygens (including phenoxy) is 1. The van der Waals surface area contributed by atoms with Crippen LogP contribution < -0.4 is 11.1 Å². The second kappa shape index (κ2) is 6.04. The summed E-state index contributed by atoms with van der Waals surface area (Å²) in [7, 11) is 0. The minimum Gasteiger partial charge on any atom is -0.399 e.